The first-order chi connectivity index (χ1) is 10.7. The van der Waals surface area contributed by atoms with Crippen LogP contribution < -0.4 is 10.7 Å². The van der Waals surface area contributed by atoms with Crippen LogP contribution in [0.2, 0.25) is 5.02 Å². The number of benzene rings is 1. The van der Waals surface area contributed by atoms with Gasteiger partial charge in [0.25, 0.3) is 0 Å². The summed E-state index contributed by atoms with van der Waals surface area (Å²) >= 11 is 7.73. The lowest BCUT2D eigenvalue weighted by Crippen LogP contribution is -2.33. The van der Waals surface area contributed by atoms with Gasteiger partial charge in [0.1, 0.15) is 0 Å². The molecule has 1 atom stereocenters. The quantitative estimate of drug-likeness (QED) is 0.771. The number of halogens is 1. The molecule has 3 heterocycles. The molecule has 3 aromatic rings. The van der Waals surface area contributed by atoms with Gasteiger partial charge >= 0.3 is 0 Å². The summed E-state index contributed by atoms with van der Waals surface area (Å²) in [5.74, 6) is 0.652. The third-order valence-electron chi connectivity index (χ3n) is 4.03. The van der Waals surface area contributed by atoms with Gasteiger partial charge in [-0.15, -0.1) is 11.3 Å². The van der Waals surface area contributed by atoms with Gasteiger partial charge in [0.15, 0.2) is 0 Å². The van der Waals surface area contributed by atoms with Crippen LogP contribution in [0.15, 0.2) is 24.4 Å². The molecule has 0 aliphatic carbocycles. The van der Waals surface area contributed by atoms with Gasteiger partial charge in [0.05, 0.1) is 16.4 Å². The highest BCUT2D eigenvalue weighted by Gasteiger charge is 2.21. The average molecular weight is 334 g/mol. The topological polar surface area (TPSA) is 53.1 Å². The van der Waals surface area contributed by atoms with Crippen molar-refractivity contribution < 1.29 is 0 Å². The summed E-state index contributed by atoms with van der Waals surface area (Å²) in [6.45, 7) is 1.95. The second-order valence-corrected chi connectivity index (χ2v) is 7.00. The number of rotatable bonds is 3. The third-order valence-corrected chi connectivity index (χ3v) is 5.34. The number of hydrazine groups is 1. The van der Waals surface area contributed by atoms with Crippen LogP contribution in [-0.2, 0) is 0 Å². The van der Waals surface area contributed by atoms with Crippen molar-refractivity contribution >= 4 is 49.2 Å². The largest absolute Gasteiger partial charge is 0.316 e. The fourth-order valence-corrected chi connectivity index (χ4v) is 4.12. The summed E-state index contributed by atoms with van der Waals surface area (Å²) < 4.78 is 2.22. The molecule has 7 heteroatoms. The number of fused-ring (bicyclic) bond motifs is 3. The molecule has 0 bridgehead atoms. The van der Waals surface area contributed by atoms with E-state index in [4.69, 9.17) is 16.6 Å². The minimum Gasteiger partial charge on any atom is -0.316 e. The van der Waals surface area contributed by atoms with E-state index in [1.54, 1.807) is 11.3 Å². The van der Waals surface area contributed by atoms with E-state index < -0.39 is 0 Å². The minimum atomic E-state index is 0.528. The van der Waals surface area contributed by atoms with Crippen LogP contribution in [0, 0.1) is 0 Å². The first-order valence-corrected chi connectivity index (χ1v) is 8.46. The highest BCUT2D eigenvalue weighted by molar-refractivity contribution is 7.25. The van der Waals surface area contributed by atoms with Gasteiger partial charge in [-0.3, -0.25) is 5.43 Å². The van der Waals surface area contributed by atoms with Crippen LogP contribution in [0.4, 0.5) is 5.95 Å². The minimum absolute atomic E-state index is 0.528. The molecule has 0 radical (unpaired) electrons. The lowest BCUT2D eigenvalue weighted by molar-refractivity contribution is 0.393. The number of thiophene rings is 1. The zero-order chi connectivity index (χ0) is 15.1. The molecular formula is C15H16ClN5S. The Morgan fingerprint density at radius 1 is 1.36 bits per heavy atom. The maximum absolute atomic E-state index is 6.06. The fraction of sp³-hybridized carbons (Fsp3) is 0.333. The van der Waals surface area contributed by atoms with Gasteiger partial charge in [-0.2, -0.15) is 0 Å². The van der Waals surface area contributed by atoms with E-state index in [1.807, 2.05) is 31.4 Å². The second-order valence-electron chi connectivity index (χ2n) is 5.48. The van der Waals surface area contributed by atoms with Crippen LogP contribution in [0.3, 0.4) is 0 Å². The molecule has 1 aliphatic rings. The van der Waals surface area contributed by atoms with E-state index in [0.29, 0.717) is 12.0 Å². The Balaban J connectivity index is 1.66. The summed E-state index contributed by atoms with van der Waals surface area (Å²) in [5, 5.41) is 7.34. The van der Waals surface area contributed by atoms with Gasteiger partial charge in [-0.05, 0) is 31.7 Å². The molecule has 1 aromatic carbocycles. The standard InChI is InChI=1S/C15H16ClN5S/c1-17-10-4-5-21(8-10)20-15-18-7-13-14(19-15)11-3-2-9(16)6-12(11)22-13/h2-3,6-7,10,17H,4-5,8H2,1H3,(H,18,19,20)/t10-/m0/s1. The van der Waals surface area contributed by atoms with Gasteiger partial charge < -0.3 is 5.32 Å². The van der Waals surface area contributed by atoms with Crippen molar-refractivity contribution in [3.63, 3.8) is 0 Å². The number of aromatic nitrogens is 2. The number of likely N-dealkylation sites (N-methyl/N-ethyl adjacent to an activating group) is 1. The number of hydrogen-bond donors (Lipinski definition) is 2. The Bertz CT molecular complexity index is 833. The van der Waals surface area contributed by atoms with E-state index in [0.717, 1.165) is 44.8 Å². The van der Waals surface area contributed by atoms with Gasteiger partial charge in [0.2, 0.25) is 5.95 Å². The SMILES string of the molecule is CN[C@H]1CCN(Nc2ncc3sc4cc(Cl)ccc4c3n2)C1. The van der Waals surface area contributed by atoms with Crippen LogP contribution in [0.5, 0.6) is 0 Å². The molecule has 0 saturated carbocycles. The smallest absolute Gasteiger partial charge is 0.238 e. The highest BCUT2D eigenvalue weighted by atomic mass is 35.5. The summed E-state index contributed by atoms with van der Waals surface area (Å²) in [4.78, 5) is 9.12. The Kier molecular flexibility index (Phi) is 3.62. The fourth-order valence-electron chi connectivity index (χ4n) is 2.83. The van der Waals surface area contributed by atoms with Crippen LogP contribution >= 0.6 is 22.9 Å². The molecule has 4 rings (SSSR count). The predicted octanol–water partition coefficient (Wildman–Crippen LogP) is 3.12. The van der Waals surface area contributed by atoms with E-state index in [-0.39, 0.29) is 0 Å². The molecule has 0 unspecified atom stereocenters. The zero-order valence-electron chi connectivity index (χ0n) is 12.1. The van der Waals surface area contributed by atoms with Gasteiger partial charge in [-0.25, -0.2) is 15.0 Å². The molecule has 1 aliphatic heterocycles. The van der Waals surface area contributed by atoms with Crippen molar-refractivity contribution in [2.75, 3.05) is 25.6 Å². The van der Waals surface area contributed by atoms with Crippen molar-refractivity contribution in [3.8, 4) is 0 Å². The highest BCUT2D eigenvalue weighted by Crippen LogP contribution is 2.34. The molecule has 1 saturated heterocycles. The molecule has 0 amide bonds. The van der Waals surface area contributed by atoms with E-state index >= 15 is 0 Å². The average Bonchev–Trinajstić information content (AvgIpc) is 3.10. The first kappa shape index (κ1) is 14.1. The van der Waals surface area contributed by atoms with Crippen LogP contribution in [-0.4, -0.2) is 41.2 Å². The van der Waals surface area contributed by atoms with E-state index in [9.17, 15) is 0 Å². The van der Waals surface area contributed by atoms with Crippen molar-refractivity contribution in [2.24, 2.45) is 0 Å². The van der Waals surface area contributed by atoms with E-state index in [1.165, 1.54) is 0 Å². The second kappa shape index (κ2) is 5.62. The van der Waals surface area contributed by atoms with Gasteiger partial charge in [0, 0.05) is 34.2 Å². The monoisotopic (exact) mass is 333 g/mol. The van der Waals surface area contributed by atoms with Gasteiger partial charge in [-0.1, -0.05) is 11.6 Å². The van der Waals surface area contributed by atoms with Crippen molar-refractivity contribution in [1.29, 1.82) is 0 Å². The Hall–Kier alpha value is -1.47. The van der Waals surface area contributed by atoms with Crippen molar-refractivity contribution in [3.05, 3.63) is 29.4 Å². The third kappa shape index (κ3) is 2.52. The maximum Gasteiger partial charge on any atom is 0.238 e. The molecule has 0 spiro atoms. The molecule has 2 N–H and O–H groups in total. The summed E-state index contributed by atoms with van der Waals surface area (Å²) in [5.41, 5.74) is 4.30. The number of hydrogen-bond acceptors (Lipinski definition) is 6. The number of nitrogens with one attached hydrogen (secondary N) is 2. The Morgan fingerprint density at radius 3 is 3.09 bits per heavy atom. The van der Waals surface area contributed by atoms with Crippen LogP contribution in [0.1, 0.15) is 6.42 Å². The molecule has 2 aromatic heterocycles. The molecule has 1 fully saturated rings. The summed E-state index contributed by atoms with van der Waals surface area (Å²) in [6.07, 6.45) is 3.01. The van der Waals surface area contributed by atoms with Crippen molar-refractivity contribution in [1.82, 2.24) is 20.3 Å². The Morgan fingerprint density at radius 2 is 2.27 bits per heavy atom. The van der Waals surface area contributed by atoms with E-state index in [2.05, 4.69) is 20.7 Å². The lowest BCUT2D eigenvalue weighted by Gasteiger charge is -2.16. The maximum atomic E-state index is 6.06. The Labute approximate surface area is 137 Å². The lowest BCUT2D eigenvalue weighted by atomic mass is 10.2. The number of nitrogens with zero attached hydrogens (tertiary/aromatic N) is 3. The number of anilines is 1. The molecular weight excluding hydrogens is 318 g/mol. The summed E-state index contributed by atoms with van der Waals surface area (Å²) in [7, 11) is 2.00. The first-order valence-electron chi connectivity index (χ1n) is 7.26. The molecule has 22 heavy (non-hydrogen) atoms. The van der Waals surface area contributed by atoms with Crippen molar-refractivity contribution in [2.45, 2.75) is 12.5 Å². The summed E-state index contributed by atoms with van der Waals surface area (Å²) in [6, 6.07) is 6.44. The molecule has 5 nitrogen and oxygen atoms in total. The zero-order valence-corrected chi connectivity index (χ0v) is 13.7. The molecule has 114 valence electrons. The predicted molar refractivity (Wildman–Crippen MR) is 92.6 cm³/mol. The van der Waals surface area contributed by atoms with Crippen LogP contribution in [0.25, 0.3) is 20.3 Å². The normalized spacial score (nSPS) is 19.3.